The largest absolute Gasteiger partial charge is 0.442 e. The molecule has 3 aromatic heterocycles. The van der Waals surface area contributed by atoms with Gasteiger partial charge >= 0.3 is 6.09 Å². The highest BCUT2D eigenvalue weighted by Crippen LogP contribution is 2.29. The van der Waals surface area contributed by atoms with E-state index < -0.39 is 18.0 Å². The van der Waals surface area contributed by atoms with Gasteiger partial charge in [0.2, 0.25) is 5.82 Å². The van der Waals surface area contributed by atoms with Crippen LogP contribution in [0.2, 0.25) is 0 Å². The standard InChI is InChI=1S/C19H16FN9O2/c1-27-24-18(23-26-27)17-5-2-12(9-21-17)15-4-3-13(8-16(15)20)29-11-14(31-19(29)30)10-28-7-6-22-25-28/h2-9,14H,10-11H2,1H3/t14-/m0/s1. The number of tetrazole rings is 1. The lowest BCUT2D eigenvalue weighted by Gasteiger charge is -2.14. The number of carbonyl (C=O) groups excluding carboxylic acids is 1. The van der Waals surface area contributed by atoms with Crippen LogP contribution in [0.1, 0.15) is 0 Å². The molecule has 0 unspecified atom stereocenters. The van der Waals surface area contributed by atoms with Crippen LogP contribution >= 0.6 is 0 Å². The molecular formula is C19H16FN9O2. The van der Waals surface area contributed by atoms with E-state index in [1.54, 1.807) is 54.6 Å². The number of benzene rings is 1. The number of aryl methyl sites for hydroxylation is 1. The molecule has 1 fully saturated rings. The molecule has 0 N–H and O–H groups in total. The molecule has 0 bridgehead atoms. The molecule has 4 aromatic rings. The van der Waals surface area contributed by atoms with E-state index in [-0.39, 0.29) is 0 Å². The number of rotatable bonds is 5. The van der Waals surface area contributed by atoms with E-state index in [4.69, 9.17) is 4.74 Å². The van der Waals surface area contributed by atoms with Crippen molar-refractivity contribution < 1.29 is 13.9 Å². The lowest BCUT2D eigenvalue weighted by atomic mass is 10.1. The van der Waals surface area contributed by atoms with Gasteiger partial charge in [-0.25, -0.2) is 13.9 Å². The number of aromatic nitrogens is 8. The van der Waals surface area contributed by atoms with E-state index >= 15 is 0 Å². The fourth-order valence-electron chi connectivity index (χ4n) is 3.34. The average Bonchev–Trinajstić information content (AvgIpc) is 3.51. The minimum atomic E-state index is -0.528. The van der Waals surface area contributed by atoms with Gasteiger partial charge < -0.3 is 4.74 Å². The highest BCUT2D eigenvalue weighted by molar-refractivity contribution is 5.90. The third-order valence-corrected chi connectivity index (χ3v) is 4.81. The van der Waals surface area contributed by atoms with Crippen LogP contribution in [0.5, 0.6) is 0 Å². The molecule has 1 atom stereocenters. The van der Waals surface area contributed by atoms with Gasteiger partial charge in [0.25, 0.3) is 0 Å². The number of pyridine rings is 1. The van der Waals surface area contributed by atoms with Gasteiger partial charge in [-0.05, 0) is 29.5 Å². The molecule has 1 amide bonds. The van der Waals surface area contributed by atoms with Gasteiger partial charge in [-0.3, -0.25) is 9.88 Å². The van der Waals surface area contributed by atoms with Crippen molar-refractivity contribution in [2.45, 2.75) is 12.6 Å². The zero-order chi connectivity index (χ0) is 21.4. The number of cyclic esters (lactones) is 1. The number of ether oxygens (including phenoxy) is 1. The Morgan fingerprint density at radius 1 is 1.23 bits per heavy atom. The van der Waals surface area contributed by atoms with Crippen LogP contribution in [0.15, 0.2) is 48.9 Å². The molecule has 1 aromatic carbocycles. The van der Waals surface area contributed by atoms with E-state index in [2.05, 4.69) is 30.7 Å². The highest BCUT2D eigenvalue weighted by atomic mass is 19.1. The predicted octanol–water partition coefficient (Wildman–Crippen LogP) is 1.70. The first kappa shape index (κ1) is 18.8. The summed E-state index contributed by atoms with van der Waals surface area (Å²) < 4.78 is 21.8. The number of hydrogen-bond acceptors (Lipinski definition) is 8. The Balaban J connectivity index is 1.33. The number of hydrogen-bond donors (Lipinski definition) is 0. The molecular weight excluding hydrogens is 405 g/mol. The van der Waals surface area contributed by atoms with Gasteiger partial charge in [-0.15, -0.1) is 15.3 Å². The summed E-state index contributed by atoms with van der Waals surface area (Å²) in [7, 11) is 1.66. The lowest BCUT2D eigenvalue weighted by molar-refractivity contribution is 0.129. The second-order valence-electron chi connectivity index (χ2n) is 6.94. The van der Waals surface area contributed by atoms with Gasteiger partial charge in [0, 0.05) is 23.5 Å². The van der Waals surface area contributed by atoms with Gasteiger partial charge in [-0.2, -0.15) is 4.80 Å². The van der Waals surface area contributed by atoms with Gasteiger partial charge in [0.1, 0.15) is 17.6 Å². The lowest BCUT2D eigenvalue weighted by Crippen LogP contribution is -2.26. The predicted molar refractivity (Wildman–Crippen MR) is 105 cm³/mol. The Morgan fingerprint density at radius 3 is 2.81 bits per heavy atom. The van der Waals surface area contributed by atoms with E-state index in [1.165, 1.54) is 15.8 Å². The van der Waals surface area contributed by atoms with Crippen LogP contribution in [0, 0.1) is 5.82 Å². The molecule has 1 aliphatic heterocycles. The van der Waals surface area contributed by atoms with Gasteiger partial charge in [0.15, 0.2) is 0 Å². The van der Waals surface area contributed by atoms with Crippen molar-refractivity contribution in [3.63, 3.8) is 0 Å². The molecule has 12 heteroatoms. The molecule has 31 heavy (non-hydrogen) atoms. The molecule has 5 rings (SSSR count). The minimum Gasteiger partial charge on any atom is -0.442 e. The molecule has 4 heterocycles. The second-order valence-corrected chi connectivity index (χ2v) is 6.94. The summed E-state index contributed by atoms with van der Waals surface area (Å²) in [5, 5.41) is 19.4. The third kappa shape index (κ3) is 3.70. The first-order valence-corrected chi connectivity index (χ1v) is 9.39. The summed E-state index contributed by atoms with van der Waals surface area (Å²) in [6, 6.07) is 8.03. The normalized spacial score (nSPS) is 16.0. The SMILES string of the molecule is Cn1nnc(-c2ccc(-c3ccc(N4C[C@H](Cn5ccnn5)OC4=O)cc3F)cn2)n1. The van der Waals surface area contributed by atoms with Crippen molar-refractivity contribution in [1.82, 2.24) is 40.2 Å². The van der Waals surface area contributed by atoms with Crippen molar-refractivity contribution in [1.29, 1.82) is 0 Å². The van der Waals surface area contributed by atoms with Crippen molar-refractivity contribution in [3.05, 3.63) is 54.7 Å². The summed E-state index contributed by atoms with van der Waals surface area (Å²) in [5.74, 6) is -0.0879. The monoisotopic (exact) mass is 421 g/mol. The molecule has 156 valence electrons. The van der Waals surface area contributed by atoms with Crippen molar-refractivity contribution in [2.24, 2.45) is 7.05 Å². The summed E-state index contributed by atoms with van der Waals surface area (Å²) in [6.45, 7) is 0.667. The Labute approximate surface area is 175 Å². The second kappa shape index (κ2) is 7.55. The average molecular weight is 421 g/mol. The van der Waals surface area contributed by atoms with Crippen LogP contribution in [-0.2, 0) is 18.3 Å². The van der Waals surface area contributed by atoms with E-state index in [1.807, 2.05) is 0 Å². The molecule has 0 radical (unpaired) electrons. The third-order valence-electron chi connectivity index (χ3n) is 4.81. The van der Waals surface area contributed by atoms with Crippen LogP contribution in [0.4, 0.5) is 14.9 Å². The van der Waals surface area contributed by atoms with Crippen molar-refractivity contribution in [3.8, 4) is 22.6 Å². The molecule has 0 spiro atoms. The maximum absolute atomic E-state index is 14.9. The maximum Gasteiger partial charge on any atom is 0.414 e. The molecule has 1 aliphatic rings. The minimum absolute atomic E-state index is 0.291. The Hall–Kier alpha value is -4.22. The summed E-state index contributed by atoms with van der Waals surface area (Å²) >= 11 is 0. The summed E-state index contributed by atoms with van der Waals surface area (Å²) in [5.41, 5.74) is 1.90. The molecule has 0 aliphatic carbocycles. The quantitative estimate of drug-likeness (QED) is 0.478. The van der Waals surface area contributed by atoms with E-state index in [0.717, 1.165) is 0 Å². The van der Waals surface area contributed by atoms with Crippen LogP contribution in [0.3, 0.4) is 0 Å². The van der Waals surface area contributed by atoms with Gasteiger partial charge in [-0.1, -0.05) is 11.3 Å². The number of anilines is 1. The fourth-order valence-corrected chi connectivity index (χ4v) is 3.34. The smallest absolute Gasteiger partial charge is 0.414 e. The number of carbonyl (C=O) groups is 1. The van der Waals surface area contributed by atoms with Crippen LogP contribution < -0.4 is 4.90 Å². The summed E-state index contributed by atoms with van der Waals surface area (Å²) in [6.07, 6.45) is 3.85. The zero-order valence-electron chi connectivity index (χ0n) is 16.3. The first-order chi connectivity index (χ1) is 15.1. The summed E-state index contributed by atoms with van der Waals surface area (Å²) in [4.78, 5) is 19.3. The van der Waals surface area contributed by atoms with Crippen molar-refractivity contribution in [2.75, 3.05) is 11.4 Å². The van der Waals surface area contributed by atoms with Crippen molar-refractivity contribution >= 4 is 11.8 Å². The van der Waals surface area contributed by atoms with Gasteiger partial charge in [0.05, 0.1) is 32.0 Å². The number of nitrogens with zero attached hydrogens (tertiary/aromatic N) is 9. The first-order valence-electron chi connectivity index (χ1n) is 9.39. The van der Waals surface area contributed by atoms with Crippen LogP contribution in [-0.4, -0.2) is 58.9 Å². The van der Waals surface area contributed by atoms with E-state index in [0.29, 0.717) is 41.4 Å². The highest BCUT2D eigenvalue weighted by Gasteiger charge is 2.33. The Morgan fingerprint density at radius 2 is 2.13 bits per heavy atom. The zero-order valence-corrected chi connectivity index (χ0v) is 16.3. The topological polar surface area (TPSA) is 117 Å². The Kier molecular flexibility index (Phi) is 4.58. The number of amides is 1. The van der Waals surface area contributed by atoms with E-state index in [9.17, 15) is 9.18 Å². The maximum atomic E-state index is 14.9. The molecule has 0 saturated carbocycles. The fraction of sp³-hybridized carbons (Fsp3) is 0.211. The number of halogens is 1. The molecule has 11 nitrogen and oxygen atoms in total. The molecule has 1 saturated heterocycles. The van der Waals surface area contributed by atoms with Crippen LogP contribution in [0.25, 0.3) is 22.6 Å². The Bertz CT molecular complexity index is 1220.